The van der Waals surface area contributed by atoms with E-state index in [1.165, 1.54) is 0 Å². The second-order valence-corrected chi connectivity index (χ2v) is 4.46. The Morgan fingerprint density at radius 1 is 1.28 bits per heavy atom. The quantitative estimate of drug-likeness (QED) is 0.609. The maximum atomic E-state index is 10.3. The first kappa shape index (κ1) is 17.3. The molecule has 0 saturated heterocycles. The normalized spacial score (nSPS) is 9.89. The first-order chi connectivity index (χ1) is 8.54. The van der Waals surface area contributed by atoms with Gasteiger partial charge >= 0.3 is 0 Å². The minimum absolute atomic E-state index is 0.0370. The lowest BCUT2D eigenvalue weighted by Crippen LogP contribution is -2.11. The van der Waals surface area contributed by atoms with Crippen molar-refractivity contribution >= 4 is 22.2 Å². The van der Waals surface area contributed by atoms with Crippen LogP contribution in [0.5, 0.6) is 0 Å². The monoisotopic (exact) mass is 316 g/mol. The molecule has 0 aliphatic carbocycles. The summed E-state index contributed by atoms with van der Waals surface area (Å²) in [5, 5.41) is 0. The minimum atomic E-state index is -0.0370. The molecule has 0 N–H and O–H groups in total. The first-order valence-electron chi connectivity index (χ1n) is 5.99. The highest BCUT2D eigenvalue weighted by atomic mass is 79.9. The molecular formula is C14H21BrO3. The van der Waals surface area contributed by atoms with Crippen molar-refractivity contribution in [3.63, 3.8) is 0 Å². The number of halogens is 1. The van der Waals surface area contributed by atoms with Crippen LogP contribution in [0, 0.1) is 6.92 Å². The molecule has 3 nitrogen and oxygen atoms in total. The van der Waals surface area contributed by atoms with Gasteiger partial charge < -0.3 is 9.47 Å². The lowest BCUT2D eigenvalue weighted by atomic mass is 10.2. The fourth-order valence-electron chi connectivity index (χ4n) is 1.26. The van der Waals surface area contributed by atoms with Gasteiger partial charge in [-0.15, -0.1) is 0 Å². The van der Waals surface area contributed by atoms with Crippen molar-refractivity contribution in [2.24, 2.45) is 0 Å². The maximum Gasteiger partial charge on any atom is 0.154 e. The number of aldehydes is 1. The van der Waals surface area contributed by atoms with Crippen LogP contribution in [0.3, 0.4) is 0 Å². The van der Waals surface area contributed by atoms with Crippen LogP contribution in [0.25, 0.3) is 0 Å². The highest BCUT2D eigenvalue weighted by Crippen LogP contribution is 2.15. The van der Waals surface area contributed by atoms with Crippen LogP contribution in [0.15, 0.2) is 22.7 Å². The summed E-state index contributed by atoms with van der Waals surface area (Å²) in [6, 6.07) is 5.50. The number of ether oxygens (including phenoxy) is 2. The zero-order valence-electron chi connectivity index (χ0n) is 11.4. The Balaban J connectivity index is 0.000000331. The molecule has 1 aromatic rings. The Labute approximate surface area is 118 Å². The van der Waals surface area contributed by atoms with Crippen molar-refractivity contribution in [1.82, 2.24) is 0 Å². The summed E-state index contributed by atoms with van der Waals surface area (Å²) >= 11 is 3.34. The SMILES string of the molecule is CCOC(C)OCC.Cc1cc(C=O)ccc1Br. The van der Waals surface area contributed by atoms with E-state index in [1.54, 1.807) is 6.07 Å². The van der Waals surface area contributed by atoms with E-state index in [0.29, 0.717) is 0 Å². The van der Waals surface area contributed by atoms with Gasteiger partial charge in [-0.3, -0.25) is 4.79 Å². The van der Waals surface area contributed by atoms with Crippen LogP contribution in [-0.2, 0) is 9.47 Å². The molecule has 0 aromatic heterocycles. The smallest absolute Gasteiger partial charge is 0.154 e. The maximum absolute atomic E-state index is 10.3. The molecule has 0 atom stereocenters. The van der Waals surface area contributed by atoms with Gasteiger partial charge in [0.05, 0.1) is 0 Å². The molecule has 0 amide bonds. The van der Waals surface area contributed by atoms with E-state index >= 15 is 0 Å². The molecule has 102 valence electrons. The minimum Gasteiger partial charge on any atom is -0.353 e. The number of carbonyl (C=O) groups is 1. The predicted octanol–water partition coefficient (Wildman–Crippen LogP) is 3.98. The molecule has 0 spiro atoms. The summed E-state index contributed by atoms with van der Waals surface area (Å²) in [6.07, 6.45) is 0.810. The standard InChI is InChI=1S/C8H7BrO.C6H14O2/c1-6-4-7(5-10)2-3-8(6)9;1-4-7-6(3)8-5-2/h2-5H,1H3;6H,4-5H2,1-3H3. The summed E-state index contributed by atoms with van der Waals surface area (Å²) < 4.78 is 11.2. The van der Waals surface area contributed by atoms with Crippen LogP contribution in [0.4, 0.5) is 0 Å². The molecule has 0 unspecified atom stereocenters. The molecule has 0 radical (unpaired) electrons. The van der Waals surface area contributed by atoms with Gasteiger partial charge in [0.1, 0.15) is 6.29 Å². The number of aryl methyl sites for hydroxylation is 1. The van der Waals surface area contributed by atoms with Crippen molar-refractivity contribution in [2.45, 2.75) is 34.0 Å². The zero-order valence-corrected chi connectivity index (χ0v) is 13.0. The second-order valence-electron chi connectivity index (χ2n) is 3.60. The third-order valence-corrected chi connectivity index (χ3v) is 3.01. The van der Waals surface area contributed by atoms with Gasteiger partial charge in [0.2, 0.25) is 0 Å². The van der Waals surface area contributed by atoms with E-state index in [1.807, 2.05) is 39.8 Å². The average Bonchev–Trinajstić information content (AvgIpc) is 2.34. The topological polar surface area (TPSA) is 35.5 Å². The highest BCUT2D eigenvalue weighted by molar-refractivity contribution is 9.10. The molecule has 0 fully saturated rings. The Hall–Kier alpha value is -0.710. The Morgan fingerprint density at radius 2 is 1.83 bits per heavy atom. The van der Waals surface area contributed by atoms with Gasteiger partial charge in [-0.2, -0.15) is 0 Å². The lowest BCUT2D eigenvalue weighted by molar-refractivity contribution is -0.123. The molecule has 0 aliphatic heterocycles. The van der Waals surface area contributed by atoms with Gasteiger partial charge in [-0.25, -0.2) is 0 Å². The largest absolute Gasteiger partial charge is 0.353 e. The predicted molar refractivity (Wildman–Crippen MR) is 77.0 cm³/mol. The third kappa shape index (κ3) is 7.58. The average molecular weight is 317 g/mol. The number of hydrogen-bond acceptors (Lipinski definition) is 3. The van der Waals surface area contributed by atoms with Crippen molar-refractivity contribution in [2.75, 3.05) is 13.2 Å². The number of hydrogen-bond donors (Lipinski definition) is 0. The van der Waals surface area contributed by atoms with Gasteiger partial charge in [0, 0.05) is 23.2 Å². The van der Waals surface area contributed by atoms with E-state index in [2.05, 4.69) is 15.9 Å². The molecular weight excluding hydrogens is 296 g/mol. The fraction of sp³-hybridized carbons (Fsp3) is 0.500. The molecule has 0 saturated carbocycles. The second kappa shape index (κ2) is 10.2. The Kier molecular flexibility index (Phi) is 9.83. The van der Waals surface area contributed by atoms with E-state index < -0.39 is 0 Å². The van der Waals surface area contributed by atoms with Crippen LogP contribution in [0.1, 0.15) is 36.7 Å². The zero-order chi connectivity index (χ0) is 14.0. The van der Waals surface area contributed by atoms with Crippen LogP contribution in [-0.4, -0.2) is 25.8 Å². The van der Waals surface area contributed by atoms with Gasteiger partial charge in [0.25, 0.3) is 0 Å². The third-order valence-electron chi connectivity index (χ3n) is 2.12. The molecule has 4 heteroatoms. The molecule has 18 heavy (non-hydrogen) atoms. The van der Waals surface area contributed by atoms with Gasteiger partial charge in [-0.05, 0) is 45.4 Å². The van der Waals surface area contributed by atoms with Crippen molar-refractivity contribution in [1.29, 1.82) is 0 Å². The van der Waals surface area contributed by atoms with Crippen molar-refractivity contribution < 1.29 is 14.3 Å². The number of carbonyl (C=O) groups excluding carboxylic acids is 1. The van der Waals surface area contributed by atoms with Crippen molar-refractivity contribution in [3.8, 4) is 0 Å². The summed E-state index contributed by atoms with van der Waals surface area (Å²) in [6.45, 7) is 9.21. The number of benzene rings is 1. The summed E-state index contributed by atoms with van der Waals surface area (Å²) in [5.74, 6) is 0. The molecule has 1 aromatic carbocycles. The molecule has 1 rings (SSSR count). The molecule has 0 bridgehead atoms. The van der Waals surface area contributed by atoms with E-state index in [4.69, 9.17) is 9.47 Å². The lowest BCUT2D eigenvalue weighted by Gasteiger charge is -2.09. The van der Waals surface area contributed by atoms with E-state index in [9.17, 15) is 4.79 Å². The van der Waals surface area contributed by atoms with Crippen LogP contribution in [0.2, 0.25) is 0 Å². The summed E-state index contributed by atoms with van der Waals surface area (Å²) in [7, 11) is 0. The molecule has 0 heterocycles. The van der Waals surface area contributed by atoms with E-state index in [0.717, 1.165) is 35.1 Å². The van der Waals surface area contributed by atoms with Crippen LogP contribution < -0.4 is 0 Å². The van der Waals surface area contributed by atoms with Gasteiger partial charge in [-0.1, -0.05) is 22.0 Å². The van der Waals surface area contributed by atoms with E-state index in [-0.39, 0.29) is 6.29 Å². The van der Waals surface area contributed by atoms with Gasteiger partial charge in [0.15, 0.2) is 6.29 Å². The highest BCUT2D eigenvalue weighted by Gasteiger charge is 1.95. The first-order valence-corrected chi connectivity index (χ1v) is 6.78. The number of rotatable bonds is 5. The summed E-state index contributed by atoms with van der Waals surface area (Å²) in [5.41, 5.74) is 1.81. The Morgan fingerprint density at radius 3 is 2.22 bits per heavy atom. The van der Waals surface area contributed by atoms with Crippen LogP contribution >= 0.6 is 15.9 Å². The Bertz CT molecular complexity index is 347. The molecule has 0 aliphatic rings. The van der Waals surface area contributed by atoms with Crippen molar-refractivity contribution in [3.05, 3.63) is 33.8 Å². The summed E-state index contributed by atoms with van der Waals surface area (Å²) in [4.78, 5) is 10.3. The fourth-order valence-corrected chi connectivity index (χ4v) is 1.51.